The normalized spacial score (nSPS) is 39.0. The van der Waals surface area contributed by atoms with E-state index in [1.54, 1.807) is 0 Å². The van der Waals surface area contributed by atoms with Gasteiger partial charge in [-0.05, 0) is 61.3 Å². The third-order valence-corrected chi connectivity index (χ3v) is 6.19. The Morgan fingerprint density at radius 3 is 2.85 bits per heavy atom. The first-order valence-electron chi connectivity index (χ1n) is 7.86. The molecule has 4 atom stereocenters. The minimum absolute atomic E-state index is 0.00252. The molecular formula is C17H22FNO. The summed E-state index contributed by atoms with van der Waals surface area (Å²) in [6.45, 7) is 0. The number of aromatic hydroxyl groups is 1. The van der Waals surface area contributed by atoms with Crippen molar-refractivity contribution in [3.05, 3.63) is 23.5 Å². The molecule has 3 saturated carbocycles. The van der Waals surface area contributed by atoms with E-state index in [1.165, 1.54) is 37.8 Å². The molecule has 3 heteroatoms. The fraction of sp³-hybridized carbons (Fsp3) is 0.647. The quantitative estimate of drug-likeness (QED) is 0.762. The molecule has 4 unspecified atom stereocenters. The Balaban J connectivity index is 1.82. The Morgan fingerprint density at radius 1 is 1.20 bits per heavy atom. The van der Waals surface area contributed by atoms with E-state index in [9.17, 15) is 9.50 Å². The second kappa shape index (κ2) is 4.12. The van der Waals surface area contributed by atoms with Crippen LogP contribution in [0.4, 0.5) is 10.1 Å². The number of nitrogen functional groups attached to an aromatic ring is 1. The van der Waals surface area contributed by atoms with Crippen LogP contribution in [0, 0.1) is 23.6 Å². The van der Waals surface area contributed by atoms with E-state index in [2.05, 4.69) is 0 Å². The molecule has 3 aliphatic rings. The van der Waals surface area contributed by atoms with E-state index >= 15 is 0 Å². The Hall–Kier alpha value is -1.25. The molecule has 3 N–H and O–H groups in total. The predicted molar refractivity (Wildman–Crippen MR) is 76.9 cm³/mol. The Morgan fingerprint density at radius 2 is 2.00 bits per heavy atom. The number of benzene rings is 1. The van der Waals surface area contributed by atoms with E-state index in [0.29, 0.717) is 0 Å². The maximum Gasteiger partial charge on any atom is 0.146 e. The van der Waals surface area contributed by atoms with Crippen LogP contribution in [-0.4, -0.2) is 5.11 Å². The lowest BCUT2D eigenvalue weighted by Crippen LogP contribution is -2.33. The monoisotopic (exact) mass is 275 g/mol. The maximum absolute atomic E-state index is 13.9. The molecule has 3 aliphatic carbocycles. The summed E-state index contributed by atoms with van der Waals surface area (Å²) in [5.41, 5.74) is 6.44. The summed E-state index contributed by atoms with van der Waals surface area (Å²) in [6.07, 6.45) is 8.57. The van der Waals surface area contributed by atoms with E-state index in [1.807, 2.05) is 0 Å². The van der Waals surface area contributed by atoms with Gasteiger partial charge in [-0.25, -0.2) is 4.39 Å². The van der Waals surface area contributed by atoms with Crippen LogP contribution < -0.4 is 5.73 Å². The van der Waals surface area contributed by atoms with Crippen LogP contribution >= 0.6 is 0 Å². The van der Waals surface area contributed by atoms with Crippen molar-refractivity contribution >= 4 is 5.69 Å². The highest BCUT2D eigenvalue weighted by Gasteiger charge is 2.51. The second-order valence-corrected chi connectivity index (χ2v) is 7.33. The molecule has 1 aromatic carbocycles. The van der Waals surface area contributed by atoms with E-state index < -0.39 is 0 Å². The number of rotatable bonds is 1. The summed E-state index contributed by atoms with van der Waals surface area (Å²) < 4.78 is 13.9. The summed E-state index contributed by atoms with van der Waals surface area (Å²) >= 11 is 0. The van der Waals surface area contributed by atoms with Gasteiger partial charge >= 0.3 is 0 Å². The lowest BCUT2D eigenvalue weighted by Gasteiger charge is -2.41. The molecule has 0 spiro atoms. The molecule has 2 nitrogen and oxygen atoms in total. The highest BCUT2D eigenvalue weighted by atomic mass is 19.1. The largest absolute Gasteiger partial charge is 0.508 e. The van der Waals surface area contributed by atoms with Gasteiger partial charge in [0.15, 0.2) is 0 Å². The van der Waals surface area contributed by atoms with Gasteiger partial charge in [-0.1, -0.05) is 12.8 Å². The molecule has 108 valence electrons. The molecule has 0 aromatic heterocycles. The lowest BCUT2D eigenvalue weighted by molar-refractivity contribution is 0.201. The van der Waals surface area contributed by atoms with Crippen LogP contribution in [0.3, 0.4) is 0 Å². The minimum Gasteiger partial charge on any atom is -0.508 e. The van der Waals surface area contributed by atoms with Gasteiger partial charge in [0.1, 0.15) is 11.6 Å². The van der Waals surface area contributed by atoms with Gasteiger partial charge in [-0.2, -0.15) is 0 Å². The van der Waals surface area contributed by atoms with Gasteiger partial charge in [0.05, 0.1) is 5.69 Å². The third-order valence-electron chi connectivity index (χ3n) is 6.19. The summed E-state index contributed by atoms with van der Waals surface area (Å²) in [5, 5.41) is 10.3. The molecule has 1 aromatic rings. The Bertz CT molecular complexity index is 558. The van der Waals surface area contributed by atoms with E-state index in [-0.39, 0.29) is 22.7 Å². The first-order valence-corrected chi connectivity index (χ1v) is 7.86. The zero-order chi connectivity index (χ0) is 13.9. The van der Waals surface area contributed by atoms with Crippen molar-refractivity contribution in [2.24, 2.45) is 17.8 Å². The molecule has 3 fully saturated rings. The van der Waals surface area contributed by atoms with Gasteiger partial charge in [0.2, 0.25) is 0 Å². The number of phenolic OH excluding ortho intramolecular Hbond substituents is 1. The summed E-state index contributed by atoms with van der Waals surface area (Å²) in [4.78, 5) is 0. The van der Waals surface area contributed by atoms with Crippen molar-refractivity contribution in [3.8, 4) is 5.75 Å². The average molecular weight is 275 g/mol. The van der Waals surface area contributed by atoms with Crippen LogP contribution in [-0.2, 0) is 5.41 Å². The van der Waals surface area contributed by atoms with Crippen molar-refractivity contribution in [3.63, 3.8) is 0 Å². The van der Waals surface area contributed by atoms with Gasteiger partial charge < -0.3 is 10.8 Å². The fourth-order valence-corrected chi connectivity index (χ4v) is 5.51. The van der Waals surface area contributed by atoms with Crippen molar-refractivity contribution in [1.82, 2.24) is 0 Å². The van der Waals surface area contributed by atoms with Crippen molar-refractivity contribution < 1.29 is 9.50 Å². The van der Waals surface area contributed by atoms with Crippen LogP contribution in [0.25, 0.3) is 0 Å². The Kier molecular flexibility index (Phi) is 2.57. The number of anilines is 1. The third kappa shape index (κ3) is 1.68. The van der Waals surface area contributed by atoms with Crippen LogP contribution in [0.15, 0.2) is 12.1 Å². The molecule has 0 aliphatic heterocycles. The van der Waals surface area contributed by atoms with Crippen LogP contribution in [0.2, 0.25) is 0 Å². The number of halogens is 1. The summed E-state index contributed by atoms with van der Waals surface area (Å²) in [6, 6.07) is 2.91. The number of nitrogens with two attached hydrogens (primary N) is 1. The van der Waals surface area contributed by atoms with Gasteiger partial charge in [-0.3, -0.25) is 0 Å². The zero-order valence-electron chi connectivity index (χ0n) is 11.7. The standard InChI is InChI=1S/C17H22FNO/c18-14-6-13(16(20)7-15(14)19)17-3-1-2-11-4-10(8-17)5-12(11)9-17/h6-7,10-12,20H,1-5,8-9,19H2. The first kappa shape index (κ1) is 12.5. The van der Waals surface area contributed by atoms with E-state index in [0.717, 1.165) is 42.6 Å². The number of hydrogen-bond donors (Lipinski definition) is 2. The molecule has 0 radical (unpaired) electrons. The number of hydrogen-bond acceptors (Lipinski definition) is 2. The van der Waals surface area contributed by atoms with Crippen LogP contribution in [0.5, 0.6) is 5.75 Å². The lowest BCUT2D eigenvalue weighted by atomic mass is 9.63. The van der Waals surface area contributed by atoms with Crippen molar-refractivity contribution in [1.29, 1.82) is 0 Å². The molecule has 20 heavy (non-hydrogen) atoms. The van der Waals surface area contributed by atoms with Gasteiger partial charge in [0, 0.05) is 11.6 Å². The Labute approximate surface area is 119 Å². The van der Waals surface area contributed by atoms with Gasteiger partial charge in [-0.15, -0.1) is 0 Å². The zero-order valence-corrected chi connectivity index (χ0v) is 11.7. The topological polar surface area (TPSA) is 46.2 Å². The number of phenols is 1. The summed E-state index contributed by atoms with van der Waals surface area (Å²) in [7, 11) is 0. The van der Waals surface area contributed by atoms with E-state index in [4.69, 9.17) is 5.73 Å². The highest BCUT2D eigenvalue weighted by Crippen LogP contribution is 2.60. The fourth-order valence-electron chi connectivity index (χ4n) is 5.51. The van der Waals surface area contributed by atoms with Crippen molar-refractivity contribution in [2.75, 3.05) is 5.73 Å². The molecule has 4 rings (SSSR count). The SMILES string of the molecule is Nc1cc(O)c(C23CCCC4CC(CC4C2)C3)cc1F. The van der Waals surface area contributed by atoms with Crippen LogP contribution in [0.1, 0.15) is 50.5 Å². The molecule has 3 bridgehead atoms. The van der Waals surface area contributed by atoms with Gasteiger partial charge in [0.25, 0.3) is 0 Å². The second-order valence-electron chi connectivity index (χ2n) is 7.33. The minimum atomic E-state index is -0.383. The maximum atomic E-state index is 13.9. The smallest absolute Gasteiger partial charge is 0.146 e. The molecule has 0 amide bonds. The molecular weight excluding hydrogens is 253 g/mol. The molecule has 0 heterocycles. The molecule has 0 saturated heterocycles. The first-order chi connectivity index (χ1) is 9.57. The predicted octanol–water partition coefficient (Wildman–Crippen LogP) is 3.97. The average Bonchev–Trinajstić information content (AvgIpc) is 2.61. The highest BCUT2D eigenvalue weighted by molar-refractivity contribution is 5.52. The number of fused-ring (bicyclic) bond motifs is 2. The van der Waals surface area contributed by atoms with Crippen molar-refractivity contribution in [2.45, 2.75) is 50.4 Å². The summed E-state index contributed by atoms with van der Waals surface area (Å²) in [5.74, 6) is 2.26.